The van der Waals surface area contributed by atoms with Crippen molar-refractivity contribution in [2.24, 2.45) is 0 Å². The lowest BCUT2D eigenvalue weighted by Crippen LogP contribution is -2.02. The van der Waals surface area contributed by atoms with Gasteiger partial charge in [0.1, 0.15) is 12.1 Å². The molecule has 1 aliphatic heterocycles. The van der Waals surface area contributed by atoms with Crippen LogP contribution >= 0.6 is 0 Å². The molecule has 0 atom stereocenters. The van der Waals surface area contributed by atoms with Gasteiger partial charge in [0.2, 0.25) is 5.95 Å². The molecule has 17 heavy (non-hydrogen) atoms. The van der Waals surface area contributed by atoms with Crippen molar-refractivity contribution >= 4 is 5.95 Å². The third-order valence-corrected chi connectivity index (χ3v) is 2.94. The topological polar surface area (TPSA) is 66.0 Å². The fourth-order valence-corrected chi connectivity index (χ4v) is 2.06. The maximum absolute atomic E-state index is 5.48. The molecule has 0 aliphatic carbocycles. The predicted octanol–water partition coefficient (Wildman–Crippen LogP) is 1.04. The zero-order valence-corrected chi connectivity index (χ0v) is 9.47. The van der Waals surface area contributed by atoms with Gasteiger partial charge < -0.3 is 10.5 Å². The number of hydrogen-bond donors (Lipinski definition) is 1. The molecule has 1 aliphatic rings. The van der Waals surface area contributed by atoms with E-state index in [9.17, 15) is 0 Å². The summed E-state index contributed by atoms with van der Waals surface area (Å²) in [4.78, 5) is 3.90. The Morgan fingerprint density at radius 3 is 3.18 bits per heavy atom. The van der Waals surface area contributed by atoms with Gasteiger partial charge in [0.25, 0.3) is 0 Å². The molecule has 2 aromatic rings. The first-order valence-electron chi connectivity index (χ1n) is 5.71. The normalized spacial score (nSPS) is 13.4. The van der Waals surface area contributed by atoms with Crippen LogP contribution in [0.25, 0.3) is 0 Å². The molecule has 0 fully saturated rings. The zero-order valence-electron chi connectivity index (χ0n) is 9.47. The molecular weight excluding hydrogens is 216 g/mol. The highest BCUT2D eigenvalue weighted by atomic mass is 16.5. The summed E-state index contributed by atoms with van der Waals surface area (Å²) in [6.45, 7) is 1.60. The van der Waals surface area contributed by atoms with Gasteiger partial charge in [0.15, 0.2) is 0 Å². The van der Waals surface area contributed by atoms with Crippen LogP contribution < -0.4 is 10.5 Å². The second-order valence-electron chi connectivity index (χ2n) is 4.16. The van der Waals surface area contributed by atoms with E-state index >= 15 is 0 Å². The van der Waals surface area contributed by atoms with E-state index in [1.165, 1.54) is 11.1 Å². The third kappa shape index (κ3) is 2.08. The Kier molecular flexibility index (Phi) is 2.44. The van der Waals surface area contributed by atoms with Crippen molar-refractivity contribution in [3.8, 4) is 5.75 Å². The molecule has 0 spiro atoms. The van der Waals surface area contributed by atoms with E-state index in [0.29, 0.717) is 5.95 Å². The molecule has 0 radical (unpaired) electrons. The van der Waals surface area contributed by atoms with Gasteiger partial charge in [-0.05, 0) is 23.6 Å². The molecule has 3 rings (SSSR count). The average molecular weight is 230 g/mol. The van der Waals surface area contributed by atoms with Crippen LogP contribution in [0.5, 0.6) is 5.75 Å². The smallest absolute Gasteiger partial charge is 0.239 e. The molecule has 0 unspecified atom stereocenters. The van der Waals surface area contributed by atoms with E-state index in [0.717, 1.165) is 31.7 Å². The van der Waals surface area contributed by atoms with E-state index < -0.39 is 0 Å². The lowest BCUT2D eigenvalue weighted by molar-refractivity contribution is 0.357. The van der Waals surface area contributed by atoms with Crippen molar-refractivity contribution in [1.82, 2.24) is 14.8 Å². The van der Waals surface area contributed by atoms with Crippen LogP contribution in [-0.4, -0.2) is 21.4 Å². The number of hydrogen-bond acceptors (Lipinski definition) is 4. The Morgan fingerprint density at radius 1 is 1.41 bits per heavy atom. The Balaban J connectivity index is 1.69. The lowest BCUT2D eigenvalue weighted by Gasteiger charge is -2.04. The van der Waals surface area contributed by atoms with Gasteiger partial charge in [0, 0.05) is 13.0 Å². The Hall–Kier alpha value is -2.04. The van der Waals surface area contributed by atoms with Crippen LogP contribution in [0.15, 0.2) is 24.5 Å². The Morgan fingerprint density at radius 2 is 2.35 bits per heavy atom. The van der Waals surface area contributed by atoms with Crippen LogP contribution in [0.4, 0.5) is 5.95 Å². The van der Waals surface area contributed by atoms with Crippen molar-refractivity contribution in [3.05, 3.63) is 35.7 Å². The molecule has 1 aromatic carbocycles. The quantitative estimate of drug-likeness (QED) is 0.855. The first-order valence-corrected chi connectivity index (χ1v) is 5.71. The fourth-order valence-electron chi connectivity index (χ4n) is 2.06. The second-order valence-corrected chi connectivity index (χ2v) is 4.16. The monoisotopic (exact) mass is 230 g/mol. The summed E-state index contributed by atoms with van der Waals surface area (Å²) in [5.41, 5.74) is 8.06. The minimum Gasteiger partial charge on any atom is -0.493 e. The first-order chi connectivity index (χ1) is 8.31. The van der Waals surface area contributed by atoms with Gasteiger partial charge >= 0.3 is 0 Å². The maximum atomic E-state index is 5.48. The van der Waals surface area contributed by atoms with Gasteiger partial charge in [-0.25, -0.2) is 4.98 Å². The molecule has 2 heterocycles. The number of rotatable bonds is 3. The SMILES string of the molecule is Nc1ncn(CCc2ccc3c(c2)CCO3)n1. The predicted molar refractivity (Wildman–Crippen MR) is 63.8 cm³/mol. The summed E-state index contributed by atoms with van der Waals surface area (Å²) in [5.74, 6) is 1.35. The summed E-state index contributed by atoms with van der Waals surface area (Å²) in [6, 6.07) is 6.36. The van der Waals surface area contributed by atoms with E-state index in [1.807, 2.05) is 6.07 Å². The van der Waals surface area contributed by atoms with Crippen molar-refractivity contribution in [2.45, 2.75) is 19.4 Å². The van der Waals surface area contributed by atoms with Crippen molar-refractivity contribution in [2.75, 3.05) is 12.3 Å². The fraction of sp³-hybridized carbons (Fsp3) is 0.333. The molecule has 2 N–H and O–H groups in total. The molecule has 0 amide bonds. The van der Waals surface area contributed by atoms with Gasteiger partial charge in [-0.1, -0.05) is 12.1 Å². The molecule has 0 saturated heterocycles. The maximum Gasteiger partial charge on any atom is 0.239 e. The number of nitrogens with zero attached hydrogens (tertiary/aromatic N) is 3. The standard InChI is InChI=1S/C12H14N4O/c13-12-14-8-16(15-12)5-3-9-1-2-11-10(7-9)4-6-17-11/h1-2,7-8H,3-6H2,(H2,13,15). The molecule has 0 bridgehead atoms. The molecule has 88 valence electrons. The highest BCUT2D eigenvalue weighted by Crippen LogP contribution is 2.26. The number of benzene rings is 1. The number of nitrogens with two attached hydrogens (primary N) is 1. The minimum absolute atomic E-state index is 0.326. The van der Waals surface area contributed by atoms with E-state index in [4.69, 9.17) is 10.5 Å². The summed E-state index contributed by atoms with van der Waals surface area (Å²) in [5, 5.41) is 4.06. The lowest BCUT2D eigenvalue weighted by atomic mass is 10.1. The Bertz CT molecular complexity index is 535. The zero-order chi connectivity index (χ0) is 11.7. The number of nitrogen functional groups attached to an aromatic ring is 1. The van der Waals surface area contributed by atoms with Crippen LogP contribution in [0.1, 0.15) is 11.1 Å². The van der Waals surface area contributed by atoms with E-state index in [-0.39, 0.29) is 0 Å². The Labute approximate surface area is 99.2 Å². The van der Waals surface area contributed by atoms with E-state index in [1.54, 1.807) is 11.0 Å². The molecule has 5 heteroatoms. The van der Waals surface area contributed by atoms with E-state index in [2.05, 4.69) is 22.2 Å². The largest absolute Gasteiger partial charge is 0.493 e. The number of fused-ring (bicyclic) bond motifs is 1. The molecule has 5 nitrogen and oxygen atoms in total. The number of ether oxygens (including phenoxy) is 1. The van der Waals surface area contributed by atoms with Crippen LogP contribution in [0.3, 0.4) is 0 Å². The van der Waals surface area contributed by atoms with Crippen LogP contribution in [0.2, 0.25) is 0 Å². The summed E-state index contributed by atoms with van der Waals surface area (Å²) >= 11 is 0. The van der Waals surface area contributed by atoms with Crippen molar-refractivity contribution in [3.63, 3.8) is 0 Å². The first kappa shape index (κ1) is 10.1. The van der Waals surface area contributed by atoms with Crippen LogP contribution in [0, 0.1) is 0 Å². The number of aromatic nitrogens is 3. The number of aryl methyl sites for hydroxylation is 2. The summed E-state index contributed by atoms with van der Waals surface area (Å²) < 4.78 is 7.24. The summed E-state index contributed by atoms with van der Waals surface area (Å²) in [7, 11) is 0. The molecule has 0 saturated carbocycles. The average Bonchev–Trinajstić information content (AvgIpc) is 2.94. The van der Waals surface area contributed by atoms with Gasteiger partial charge in [-0.3, -0.25) is 4.68 Å². The molecular formula is C12H14N4O. The van der Waals surface area contributed by atoms with Gasteiger partial charge in [0.05, 0.1) is 6.61 Å². The number of anilines is 1. The van der Waals surface area contributed by atoms with Gasteiger partial charge in [-0.2, -0.15) is 0 Å². The highest BCUT2D eigenvalue weighted by Gasteiger charge is 2.11. The highest BCUT2D eigenvalue weighted by molar-refractivity contribution is 5.39. The van der Waals surface area contributed by atoms with Crippen molar-refractivity contribution in [1.29, 1.82) is 0 Å². The minimum atomic E-state index is 0.326. The second kappa shape index (κ2) is 4.08. The summed E-state index contributed by atoms with van der Waals surface area (Å²) in [6.07, 6.45) is 3.60. The molecule has 1 aromatic heterocycles. The van der Waals surface area contributed by atoms with Crippen molar-refractivity contribution < 1.29 is 4.74 Å². The van der Waals surface area contributed by atoms with Gasteiger partial charge in [-0.15, -0.1) is 5.10 Å². The van der Waals surface area contributed by atoms with Crippen LogP contribution in [-0.2, 0) is 19.4 Å². The third-order valence-electron chi connectivity index (χ3n) is 2.94.